The zero-order valence-electron chi connectivity index (χ0n) is 10.2. The van der Waals surface area contributed by atoms with Gasteiger partial charge in [-0.15, -0.1) is 0 Å². The van der Waals surface area contributed by atoms with Gasteiger partial charge in [0.2, 0.25) is 0 Å². The first-order valence-corrected chi connectivity index (χ1v) is 8.18. The minimum Gasteiger partial charge on any atom is -0.325 e. The monoisotopic (exact) mass is 292 g/mol. The van der Waals surface area contributed by atoms with Crippen molar-refractivity contribution in [3.05, 3.63) is 0 Å². The predicted molar refractivity (Wildman–Crippen MR) is 65.0 cm³/mol. The van der Waals surface area contributed by atoms with Crippen molar-refractivity contribution in [1.29, 1.82) is 0 Å². The second-order valence-corrected chi connectivity index (χ2v) is 7.11. The van der Waals surface area contributed by atoms with E-state index in [1.165, 1.54) is 0 Å². The van der Waals surface area contributed by atoms with Gasteiger partial charge in [0.25, 0.3) is 20.2 Å². The summed E-state index contributed by atoms with van der Waals surface area (Å²) >= 11 is 0. The molecular formula is C7H20N2O6S2. The smallest absolute Gasteiger partial charge is 0.261 e. The standard InChI is InChI=1S/C5H12N2.2CH4O3S/c1-5(2)4(6)3-7-5;2*1-5(2,3)4/h4,7H,3,6H2,1-2H3;2*1H3,(H,2,3,4). The van der Waals surface area contributed by atoms with Crippen LogP contribution in [0.15, 0.2) is 0 Å². The van der Waals surface area contributed by atoms with E-state index in [1.54, 1.807) is 0 Å². The Morgan fingerprint density at radius 2 is 1.29 bits per heavy atom. The highest BCUT2D eigenvalue weighted by molar-refractivity contribution is 7.85. The molecule has 17 heavy (non-hydrogen) atoms. The Hall–Kier alpha value is -0.260. The third-order valence-corrected chi connectivity index (χ3v) is 1.70. The second-order valence-electron chi connectivity index (χ2n) is 4.18. The summed E-state index contributed by atoms with van der Waals surface area (Å²) in [6.45, 7) is 5.20. The van der Waals surface area contributed by atoms with Gasteiger partial charge < -0.3 is 11.1 Å². The van der Waals surface area contributed by atoms with Crippen LogP contribution >= 0.6 is 0 Å². The van der Waals surface area contributed by atoms with Crippen LogP contribution in [0, 0.1) is 0 Å². The molecule has 106 valence electrons. The van der Waals surface area contributed by atoms with Crippen LogP contribution in [-0.4, -0.2) is 56.6 Å². The highest BCUT2D eigenvalue weighted by Gasteiger charge is 2.34. The minimum atomic E-state index is -3.67. The van der Waals surface area contributed by atoms with Crippen LogP contribution in [0.5, 0.6) is 0 Å². The molecule has 8 nitrogen and oxygen atoms in total. The van der Waals surface area contributed by atoms with E-state index in [4.69, 9.17) is 14.8 Å². The summed E-state index contributed by atoms with van der Waals surface area (Å²) in [4.78, 5) is 0. The van der Waals surface area contributed by atoms with Gasteiger partial charge in [0.05, 0.1) is 12.5 Å². The first-order valence-electron chi connectivity index (χ1n) is 4.48. The summed E-state index contributed by atoms with van der Waals surface area (Å²) in [7, 11) is -7.33. The van der Waals surface area contributed by atoms with Crippen molar-refractivity contribution in [2.45, 2.75) is 25.4 Å². The molecule has 1 aliphatic heterocycles. The third-order valence-electron chi connectivity index (χ3n) is 1.70. The largest absolute Gasteiger partial charge is 0.325 e. The average Bonchev–Trinajstić information content (AvgIpc) is 1.95. The quantitative estimate of drug-likeness (QED) is 0.403. The maximum atomic E-state index is 9.19. The zero-order valence-corrected chi connectivity index (χ0v) is 11.8. The maximum Gasteiger partial charge on any atom is 0.261 e. The van der Waals surface area contributed by atoms with Gasteiger partial charge in [-0.3, -0.25) is 9.11 Å². The Bertz CT molecular complexity index is 368. The fourth-order valence-electron chi connectivity index (χ4n) is 0.628. The number of hydrogen-bond donors (Lipinski definition) is 4. The molecule has 1 aliphatic rings. The van der Waals surface area contributed by atoms with Crippen LogP contribution < -0.4 is 11.1 Å². The molecule has 10 heteroatoms. The van der Waals surface area contributed by atoms with Crippen LogP contribution in [0.1, 0.15) is 13.8 Å². The van der Waals surface area contributed by atoms with Crippen molar-refractivity contribution in [3.8, 4) is 0 Å². The normalized spacial score (nSPS) is 22.2. The first-order chi connectivity index (χ1) is 7.13. The fourth-order valence-corrected chi connectivity index (χ4v) is 0.628. The van der Waals surface area contributed by atoms with Gasteiger partial charge in [0.15, 0.2) is 0 Å². The molecular weight excluding hydrogens is 272 g/mol. The van der Waals surface area contributed by atoms with Crippen molar-refractivity contribution in [2.24, 2.45) is 5.73 Å². The van der Waals surface area contributed by atoms with E-state index in [1.807, 2.05) is 0 Å². The van der Waals surface area contributed by atoms with Crippen LogP contribution in [0.3, 0.4) is 0 Å². The second kappa shape index (κ2) is 6.61. The topological polar surface area (TPSA) is 147 Å². The summed E-state index contributed by atoms with van der Waals surface area (Å²) in [6, 6.07) is 0.368. The van der Waals surface area contributed by atoms with Crippen LogP contribution in [0.25, 0.3) is 0 Å². The van der Waals surface area contributed by atoms with Gasteiger partial charge in [-0.2, -0.15) is 16.8 Å². The molecule has 5 N–H and O–H groups in total. The van der Waals surface area contributed by atoms with Crippen molar-refractivity contribution < 1.29 is 25.9 Å². The average molecular weight is 292 g/mol. The van der Waals surface area contributed by atoms with Crippen molar-refractivity contribution in [1.82, 2.24) is 5.32 Å². The highest BCUT2D eigenvalue weighted by atomic mass is 32.2. The van der Waals surface area contributed by atoms with E-state index in [2.05, 4.69) is 19.2 Å². The zero-order chi connectivity index (χ0) is 14.5. The van der Waals surface area contributed by atoms with Gasteiger partial charge in [0, 0.05) is 18.1 Å². The summed E-state index contributed by atoms with van der Waals surface area (Å²) in [5.41, 5.74) is 5.80. The first kappa shape index (κ1) is 19.1. The summed E-state index contributed by atoms with van der Waals surface area (Å²) < 4.78 is 51.7. The van der Waals surface area contributed by atoms with Crippen molar-refractivity contribution >= 4 is 20.2 Å². The van der Waals surface area contributed by atoms with E-state index in [0.717, 1.165) is 6.54 Å². The Morgan fingerprint density at radius 1 is 1.12 bits per heavy atom. The lowest BCUT2D eigenvalue weighted by Gasteiger charge is -2.43. The maximum absolute atomic E-state index is 9.19. The molecule has 1 atom stereocenters. The molecule has 0 amide bonds. The fraction of sp³-hybridized carbons (Fsp3) is 1.00. The molecule has 0 aromatic heterocycles. The summed E-state index contributed by atoms with van der Waals surface area (Å²) in [5.74, 6) is 0. The Kier molecular flexibility index (Phi) is 7.43. The molecule has 1 saturated heterocycles. The highest BCUT2D eigenvalue weighted by Crippen LogP contribution is 2.13. The third kappa shape index (κ3) is 21.6. The summed E-state index contributed by atoms with van der Waals surface area (Å²) in [5, 5.41) is 3.21. The van der Waals surface area contributed by atoms with Gasteiger partial charge in [0.1, 0.15) is 0 Å². The number of nitrogens with one attached hydrogen (secondary N) is 1. The Labute approximate surface area is 102 Å². The SMILES string of the molecule is CC1(C)NCC1N.CS(=O)(=O)O.CS(=O)(=O)O. The molecule has 0 spiro atoms. The van der Waals surface area contributed by atoms with Gasteiger partial charge in [-0.25, -0.2) is 0 Å². The molecule has 0 bridgehead atoms. The molecule has 1 heterocycles. The van der Waals surface area contributed by atoms with Crippen molar-refractivity contribution in [2.75, 3.05) is 19.1 Å². The van der Waals surface area contributed by atoms with E-state index in [-0.39, 0.29) is 5.54 Å². The molecule has 0 aromatic carbocycles. The Balaban J connectivity index is 0. The molecule has 1 fully saturated rings. The van der Waals surface area contributed by atoms with Crippen LogP contribution in [0.4, 0.5) is 0 Å². The molecule has 0 aliphatic carbocycles. The van der Waals surface area contributed by atoms with E-state index in [0.29, 0.717) is 18.6 Å². The lowest BCUT2D eigenvalue weighted by molar-refractivity contribution is 0.211. The van der Waals surface area contributed by atoms with E-state index >= 15 is 0 Å². The van der Waals surface area contributed by atoms with Gasteiger partial charge in [-0.05, 0) is 13.8 Å². The van der Waals surface area contributed by atoms with E-state index < -0.39 is 20.2 Å². The lowest BCUT2D eigenvalue weighted by atomic mass is 9.87. The lowest BCUT2D eigenvalue weighted by Crippen LogP contribution is -2.69. The van der Waals surface area contributed by atoms with E-state index in [9.17, 15) is 16.8 Å². The molecule has 1 unspecified atom stereocenters. The number of nitrogens with two attached hydrogens (primary N) is 1. The summed E-state index contributed by atoms with van der Waals surface area (Å²) in [6.07, 6.45) is 1.43. The van der Waals surface area contributed by atoms with Gasteiger partial charge >= 0.3 is 0 Å². The Morgan fingerprint density at radius 3 is 1.29 bits per heavy atom. The number of hydrogen-bond acceptors (Lipinski definition) is 6. The molecule has 0 saturated carbocycles. The van der Waals surface area contributed by atoms with Crippen LogP contribution in [-0.2, 0) is 20.2 Å². The predicted octanol–water partition coefficient (Wildman–Crippen LogP) is -1.30. The minimum absolute atomic E-state index is 0.208. The molecule has 1 rings (SSSR count). The van der Waals surface area contributed by atoms with Crippen LogP contribution in [0.2, 0.25) is 0 Å². The molecule has 0 radical (unpaired) electrons. The molecule has 0 aromatic rings. The van der Waals surface area contributed by atoms with Crippen molar-refractivity contribution in [3.63, 3.8) is 0 Å². The van der Waals surface area contributed by atoms with Gasteiger partial charge in [-0.1, -0.05) is 0 Å². The number of rotatable bonds is 0.